The number of amides is 1. The van der Waals surface area contributed by atoms with Gasteiger partial charge < -0.3 is 20.1 Å². The summed E-state index contributed by atoms with van der Waals surface area (Å²) >= 11 is 7.48. The SMILES string of the molecule is CCCCOc1cc(C(=O)NCCNc2nsc3ccc(Cl)cc23)ccc1OC. The van der Waals surface area contributed by atoms with Crippen LogP contribution in [-0.2, 0) is 0 Å². The summed E-state index contributed by atoms with van der Waals surface area (Å²) in [6.45, 7) is 3.69. The Hall–Kier alpha value is -2.51. The van der Waals surface area contributed by atoms with Crippen LogP contribution in [0.4, 0.5) is 5.82 Å². The van der Waals surface area contributed by atoms with Crippen LogP contribution in [0, 0.1) is 0 Å². The fourth-order valence-corrected chi connectivity index (χ4v) is 3.66. The number of benzene rings is 2. The molecule has 1 heterocycles. The number of carbonyl (C=O) groups is 1. The van der Waals surface area contributed by atoms with Crippen molar-refractivity contribution in [2.45, 2.75) is 19.8 Å². The molecule has 1 aromatic heterocycles. The van der Waals surface area contributed by atoms with Gasteiger partial charge in [0.2, 0.25) is 0 Å². The van der Waals surface area contributed by atoms with E-state index in [1.165, 1.54) is 11.5 Å². The predicted molar refractivity (Wildman–Crippen MR) is 119 cm³/mol. The number of aromatic nitrogens is 1. The van der Waals surface area contributed by atoms with Crippen molar-refractivity contribution in [3.63, 3.8) is 0 Å². The molecule has 0 atom stereocenters. The maximum absolute atomic E-state index is 12.5. The van der Waals surface area contributed by atoms with Gasteiger partial charge in [0.25, 0.3) is 5.91 Å². The Labute approximate surface area is 179 Å². The van der Waals surface area contributed by atoms with E-state index >= 15 is 0 Å². The molecule has 2 aromatic carbocycles. The molecule has 0 saturated carbocycles. The van der Waals surface area contributed by atoms with Crippen LogP contribution in [0.15, 0.2) is 36.4 Å². The van der Waals surface area contributed by atoms with Gasteiger partial charge in [-0.2, -0.15) is 4.37 Å². The molecule has 1 amide bonds. The number of hydrogen-bond acceptors (Lipinski definition) is 6. The van der Waals surface area contributed by atoms with Gasteiger partial charge in [-0.15, -0.1) is 0 Å². The number of halogens is 1. The summed E-state index contributed by atoms with van der Waals surface area (Å²) in [5.74, 6) is 1.81. The molecule has 2 N–H and O–H groups in total. The number of fused-ring (bicyclic) bond motifs is 1. The molecule has 3 aromatic rings. The van der Waals surface area contributed by atoms with Crippen LogP contribution in [0.3, 0.4) is 0 Å². The second kappa shape index (κ2) is 10.3. The zero-order chi connectivity index (χ0) is 20.6. The third kappa shape index (κ3) is 5.52. The first-order valence-electron chi connectivity index (χ1n) is 9.50. The molecule has 0 saturated heterocycles. The molecule has 0 aliphatic rings. The van der Waals surface area contributed by atoms with Gasteiger partial charge in [-0.3, -0.25) is 4.79 Å². The summed E-state index contributed by atoms with van der Waals surface area (Å²) in [5.41, 5.74) is 0.531. The highest BCUT2D eigenvalue weighted by molar-refractivity contribution is 7.13. The molecule has 0 bridgehead atoms. The quantitative estimate of drug-likeness (QED) is 0.441. The van der Waals surface area contributed by atoms with Gasteiger partial charge in [0, 0.05) is 29.1 Å². The Kier molecular flexibility index (Phi) is 7.55. The number of hydrogen-bond donors (Lipinski definition) is 2. The number of nitrogens with one attached hydrogen (secondary N) is 2. The Morgan fingerprint density at radius 1 is 1.17 bits per heavy atom. The van der Waals surface area contributed by atoms with E-state index in [1.807, 2.05) is 18.2 Å². The minimum atomic E-state index is -0.166. The van der Waals surface area contributed by atoms with Crippen molar-refractivity contribution in [1.29, 1.82) is 0 Å². The molecule has 8 heteroatoms. The predicted octanol–water partition coefficient (Wildman–Crippen LogP) is 4.98. The van der Waals surface area contributed by atoms with Crippen LogP contribution in [0.2, 0.25) is 5.02 Å². The summed E-state index contributed by atoms with van der Waals surface area (Å²) in [4.78, 5) is 12.5. The molecule has 0 aliphatic carbocycles. The van der Waals surface area contributed by atoms with Crippen molar-refractivity contribution in [3.8, 4) is 11.5 Å². The Balaban J connectivity index is 1.54. The monoisotopic (exact) mass is 433 g/mol. The van der Waals surface area contributed by atoms with Gasteiger partial charge >= 0.3 is 0 Å². The van der Waals surface area contributed by atoms with Gasteiger partial charge in [0.1, 0.15) is 5.82 Å². The van der Waals surface area contributed by atoms with E-state index < -0.39 is 0 Å². The Bertz CT molecular complexity index is 977. The van der Waals surface area contributed by atoms with Crippen molar-refractivity contribution in [2.24, 2.45) is 0 Å². The maximum Gasteiger partial charge on any atom is 0.251 e. The first-order chi connectivity index (χ1) is 14.1. The molecule has 0 spiro atoms. The van der Waals surface area contributed by atoms with E-state index in [9.17, 15) is 4.79 Å². The standard InChI is InChI=1S/C21H24ClN3O3S/c1-3-4-11-28-18-12-14(5-7-17(18)27-2)21(26)24-10-9-23-20-16-13-15(22)6-8-19(16)29-25-20/h5-8,12-13H,3-4,9-11H2,1-2H3,(H,23,25)(H,24,26). The summed E-state index contributed by atoms with van der Waals surface area (Å²) in [5, 5.41) is 7.81. The number of anilines is 1. The van der Waals surface area contributed by atoms with Crippen LogP contribution in [-0.4, -0.2) is 37.1 Å². The molecule has 0 aliphatic heterocycles. The Morgan fingerprint density at radius 3 is 2.83 bits per heavy atom. The van der Waals surface area contributed by atoms with Gasteiger partial charge in [0.15, 0.2) is 11.5 Å². The average Bonchev–Trinajstić information content (AvgIpc) is 3.13. The van der Waals surface area contributed by atoms with Crippen LogP contribution in [0.25, 0.3) is 10.1 Å². The van der Waals surface area contributed by atoms with Gasteiger partial charge in [-0.05, 0) is 54.4 Å². The van der Waals surface area contributed by atoms with E-state index in [1.54, 1.807) is 25.3 Å². The van der Waals surface area contributed by atoms with E-state index in [4.69, 9.17) is 21.1 Å². The molecule has 0 unspecified atom stereocenters. The summed E-state index contributed by atoms with van der Waals surface area (Å²) in [7, 11) is 1.59. The van der Waals surface area contributed by atoms with Crippen LogP contribution in [0.5, 0.6) is 11.5 Å². The molecule has 0 fully saturated rings. The minimum absolute atomic E-state index is 0.166. The molecule has 0 radical (unpaired) electrons. The lowest BCUT2D eigenvalue weighted by Gasteiger charge is -2.12. The second-order valence-corrected chi connectivity index (χ2v) is 7.66. The summed E-state index contributed by atoms with van der Waals surface area (Å²) < 4.78 is 16.5. The van der Waals surface area contributed by atoms with E-state index in [0.29, 0.717) is 41.8 Å². The highest BCUT2D eigenvalue weighted by Crippen LogP contribution is 2.29. The summed E-state index contributed by atoms with van der Waals surface area (Å²) in [6, 6.07) is 10.9. The third-order valence-electron chi connectivity index (χ3n) is 4.32. The van der Waals surface area contributed by atoms with Crippen LogP contribution in [0.1, 0.15) is 30.1 Å². The zero-order valence-corrected chi connectivity index (χ0v) is 18.0. The largest absolute Gasteiger partial charge is 0.493 e. The van der Waals surface area contributed by atoms with E-state index in [0.717, 1.165) is 28.7 Å². The number of nitrogens with zero attached hydrogens (tertiary/aromatic N) is 1. The minimum Gasteiger partial charge on any atom is -0.493 e. The fraction of sp³-hybridized carbons (Fsp3) is 0.333. The van der Waals surface area contributed by atoms with Crippen molar-refractivity contribution < 1.29 is 14.3 Å². The van der Waals surface area contributed by atoms with Crippen molar-refractivity contribution >= 4 is 44.9 Å². The summed E-state index contributed by atoms with van der Waals surface area (Å²) in [6.07, 6.45) is 1.98. The highest BCUT2D eigenvalue weighted by atomic mass is 35.5. The molecular weight excluding hydrogens is 410 g/mol. The number of unbranched alkanes of at least 4 members (excludes halogenated alkanes) is 1. The highest BCUT2D eigenvalue weighted by Gasteiger charge is 2.11. The van der Waals surface area contributed by atoms with Gasteiger partial charge in [0.05, 0.1) is 18.4 Å². The molecular formula is C21H24ClN3O3S. The lowest BCUT2D eigenvalue weighted by atomic mass is 10.2. The lowest BCUT2D eigenvalue weighted by molar-refractivity contribution is 0.0954. The number of methoxy groups -OCH3 is 1. The zero-order valence-electron chi connectivity index (χ0n) is 16.5. The van der Waals surface area contributed by atoms with Crippen LogP contribution >= 0.6 is 23.1 Å². The first-order valence-corrected chi connectivity index (χ1v) is 10.7. The van der Waals surface area contributed by atoms with Crippen molar-refractivity contribution in [2.75, 3.05) is 32.1 Å². The average molecular weight is 434 g/mol. The number of carbonyl (C=O) groups excluding carboxylic acids is 1. The van der Waals surface area contributed by atoms with Gasteiger partial charge in [-0.25, -0.2) is 0 Å². The van der Waals surface area contributed by atoms with E-state index in [2.05, 4.69) is 21.9 Å². The van der Waals surface area contributed by atoms with E-state index in [-0.39, 0.29) is 5.91 Å². The first kappa shape index (κ1) is 21.2. The molecule has 6 nitrogen and oxygen atoms in total. The van der Waals surface area contributed by atoms with Crippen molar-refractivity contribution in [1.82, 2.24) is 9.69 Å². The Morgan fingerprint density at radius 2 is 2.03 bits per heavy atom. The molecule has 154 valence electrons. The lowest BCUT2D eigenvalue weighted by Crippen LogP contribution is -2.28. The maximum atomic E-state index is 12.5. The third-order valence-corrected chi connectivity index (χ3v) is 5.38. The molecule has 3 rings (SSSR count). The number of ether oxygens (including phenoxy) is 2. The molecule has 29 heavy (non-hydrogen) atoms. The fourth-order valence-electron chi connectivity index (χ4n) is 2.75. The smallest absolute Gasteiger partial charge is 0.251 e. The second-order valence-electron chi connectivity index (χ2n) is 6.42. The van der Waals surface area contributed by atoms with Crippen LogP contribution < -0.4 is 20.1 Å². The number of rotatable bonds is 10. The van der Waals surface area contributed by atoms with Crippen molar-refractivity contribution in [3.05, 3.63) is 47.0 Å². The normalized spacial score (nSPS) is 10.7. The van der Waals surface area contributed by atoms with Gasteiger partial charge in [-0.1, -0.05) is 24.9 Å². The topological polar surface area (TPSA) is 72.5 Å².